The van der Waals surface area contributed by atoms with Gasteiger partial charge >= 0.3 is 0 Å². The summed E-state index contributed by atoms with van der Waals surface area (Å²) in [7, 11) is 0. The third-order valence-electron chi connectivity index (χ3n) is 3.16. The molecular formula is C18H24N2. The van der Waals surface area contributed by atoms with Crippen molar-refractivity contribution in [3.8, 4) is 11.3 Å². The fourth-order valence-electron chi connectivity index (χ4n) is 2.15. The van der Waals surface area contributed by atoms with Gasteiger partial charge in [0, 0.05) is 29.8 Å². The maximum atomic E-state index is 4.76. The van der Waals surface area contributed by atoms with E-state index in [4.69, 9.17) is 4.98 Å². The average Bonchev–Trinajstić information content (AvgIpc) is 2.38. The Labute approximate surface area is 122 Å². The SMILES string of the molecule is Cc1cccc(-c2cccc(CCNC(C)(C)C)n2)c1. The van der Waals surface area contributed by atoms with Crippen molar-refractivity contribution in [2.45, 2.75) is 39.7 Å². The second kappa shape index (κ2) is 6.19. The van der Waals surface area contributed by atoms with Crippen LogP contribution >= 0.6 is 0 Å². The minimum absolute atomic E-state index is 0.161. The summed E-state index contributed by atoms with van der Waals surface area (Å²) in [4.78, 5) is 4.76. The molecule has 0 aliphatic rings. The van der Waals surface area contributed by atoms with Crippen molar-refractivity contribution >= 4 is 0 Å². The highest BCUT2D eigenvalue weighted by Crippen LogP contribution is 2.18. The lowest BCUT2D eigenvalue weighted by molar-refractivity contribution is 0.428. The summed E-state index contributed by atoms with van der Waals surface area (Å²) in [5.74, 6) is 0. The molecule has 2 nitrogen and oxygen atoms in total. The zero-order valence-corrected chi connectivity index (χ0v) is 12.9. The molecule has 0 aliphatic carbocycles. The van der Waals surface area contributed by atoms with Gasteiger partial charge < -0.3 is 5.32 Å². The van der Waals surface area contributed by atoms with Crippen LogP contribution in [0.5, 0.6) is 0 Å². The van der Waals surface area contributed by atoms with Crippen LogP contribution in [0, 0.1) is 6.92 Å². The van der Waals surface area contributed by atoms with E-state index in [9.17, 15) is 0 Å². The smallest absolute Gasteiger partial charge is 0.0705 e. The van der Waals surface area contributed by atoms with Crippen LogP contribution in [-0.4, -0.2) is 17.1 Å². The lowest BCUT2D eigenvalue weighted by Gasteiger charge is -2.20. The molecular weight excluding hydrogens is 244 g/mol. The first-order valence-corrected chi connectivity index (χ1v) is 7.22. The molecule has 0 fully saturated rings. The fourth-order valence-corrected chi connectivity index (χ4v) is 2.15. The quantitative estimate of drug-likeness (QED) is 0.907. The number of aryl methyl sites for hydroxylation is 1. The minimum atomic E-state index is 0.161. The Hall–Kier alpha value is -1.67. The molecule has 1 aromatic carbocycles. The van der Waals surface area contributed by atoms with Crippen LogP contribution in [0.2, 0.25) is 0 Å². The largest absolute Gasteiger partial charge is 0.312 e. The number of pyridine rings is 1. The van der Waals surface area contributed by atoms with Crippen LogP contribution in [0.3, 0.4) is 0 Å². The van der Waals surface area contributed by atoms with Gasteiger partial charge in [-0.25, -0.2) is 0 Å². The lowest BCUT2D eigenvalue weighted by Crippen LogP contribution is -2.37. The van der Waals surface area contributed by atoms with Gasteiger partial charge in [0.15, 0.2) is 0 Å². The summed E-state index contributed by atoms with van der Waals surface area (Å²) in [5, 5.41) is 3.50. The summed E-state index contributed by atoms with van der Waals surface area (Å²) in [6, 6.07) is 14.8. The number of benzene rings is 1. The predicted molar refractivity (Wildman–Crippen MR) is 85.9 cm³/mol. The Kier molecular flexibility index (Phi) is 4.56. The van der Waals surface area contributed by atoms with E-state index in [1.807, 2.05) is 0 Å². The number of aromatic nitrogens is 1. The molecule has 0 bridgehead atoms. The molecule has 0 amide bonds. The molecule has 0 atom stereocenters. The molecule has 0 unspecified atom stereocenters. The van der Waals surface area contributed by atoms with Crippen molar-refractivity contribution in [1.82, 2.24) is 10.3 Å². The van der Waals surface area contributed by atoms with Crippen LogP contribution in [0.25, 0.3) is 11.3 Å². The van der Waals surface area contributed by atoms with Gasteiger partial charge in [-0.15, -0.1) is 0 Å². The van der Waals surface area contributed by atoms with Crippen LogP contribution in [0.4, 0.5) is 0 Å². The van der Waals surface area contributed by atoms with E-state index in [-0.39, 0.29) is 5.54 Å². The van der Waals surface area contributed by atoms with Gasteiger partial charge in [0.25, 0.3) is 0 Å². The Morgan fingerprint density at radius 3 is 2.50 bits per heavy atom. The van der Waals surface area contributed by atoms with Gasteiger partial charge in [0.2, 0.25) is 0 Å². The summed E-state index contributed by atoms with van der Waals surface area (Å²) in [6.45, 7) is 9.62. The highest BCUT2D eigenvalue weighted by atomic mass is 14.9. The first-order chi connectivity index (χ1) is 9.44. The van der Waals surface area contributed by atoms with Gasteiger partial charge in [0.1, 0.15) is 0 Å². The molecule has 0 spiro atoms. The van der Waals surface area contributed by atoms with E-state index in [1.54, 1.807) is 0 Å². The summed E-state index contributed by atoms with van der Waals surface area (Å²) in [5.41, 5.74) is 4.82. The highest BCUT2D eigenvalue weighted by molar-refractivity contribution is 5.59. The highest BCUT2D eigenvalue weighted by Gasteiger charge is 2.08. The standard InChI is InChI=1S/C18H24N2/c1-14-7-5-8-15(13-14)17-10-6-9-16(20-17)11-12-19-18(2,3)4/h5-10,13,19H,11-12H2,1-4H3. The topological polar surface area (TPSA) is 24.9 Å². The Morgan fingerprint density at radius 1 is 1.05 bits per heavy atom. The lowest BCUT2D eigenvalue weighted by atomic mass is 10.1. The van der Waals surface area contributed by atoms with Gasteiger partial charge in [-0.2, -0.15) is 0 Å². The molecule has 1 heterocycles. The van der Waals surface area contributed by atoms with Gasteiger partial charge in [-0.1, -0.05) is 29.8 Å². The van der Waals surface area contributed by atoms with E-state index in [0.29, 0.717) is 0 Å². The summed E-state index contributed by atoms with van der Waals surface area (Å²) < 4.78 is 0. The molecule has 2 heteroatoms. The average molecular weight is 268 g/mol. The molecule has 0 radical (unpaired) electrons. The first-order valence-electron chi connectivity index (χ1n) is 7.22. The maximum absolute atomic E-state index is 4.76. The number of rotatable bonds is 4. The van der Waals surface area contributed by atoms with E-state index in [1.165, 1.54) is 11.1 Å². The van der Waals surface area contributed by atoms with Gasteiger partial charge in [0.05, 0.1) is 5.69 Å². The Balaban J connectivity index is 2.08. The van der Waals surface area contributed by atoms with Crippen LogP contribution < -0.4 is 5.32 Å². The van der Waals surface area contributed by atoms with Gasteiger partial charge in [-0.3, -0.25) is 4.98 Å². The summed E-state index contributed by atoms with van der Waals surface area (Å²) in [6.07, 6.45) is 0.955. The molecule has 20 heavy (non-hydrogen) atoms. The molecule has 2 rings (SSSR count). The van der Waals surface area contributed by atoms with E-state index in [0.717, 1.165) is 24.4 Å². The Morgan fingerprint density at radius 2 is 1.80 bits per heavy atom. The van der Waals surface area contributed by atoms with Gasteiger partial charge in [-0.05, 0) is 45.9 Å². The van der Waals surface area contributed by atoms with Crippen LogP contribution in [0.1, 0.15) is 32.0 Å². The minimum Gasteiger partial charge on any atom is -0.312 e. The fraction of sp³-hybridized carbons (Fsp3) is 0.389. The van der Waals surface area contributed by atoms with Crippen molar-refractivity contribution in [2.75, 3.05) is 6.54 Å². The monoisotopic (exact) mass is 268 g/mol. The normalized spacial score (nSPS) is 11.6. The van der Waals surface area contributed by atoms with E-state index >= 15 is 0 Å². The molecule has 0 aliphatic heterocycles. The second-order valence-corrected chi connectivity index (χ2v) is 6.31. The number of nitrogens with one attached hydrogen (secondary N) is 1. The molecule has 106 valence electrons. The molecule has 0 saturated heterocycles. The Bertz CT molecular complexity index is 568. The number of nitrogens with zero attached hydrogens (tertiary/aromatic N) is 1. The molecule has 1 aromatic heterocycles. The summed E-state index contributed by atoms with van der Waals surface area (Å²) >= 11 is 0. The van der Waals surface area contributed by atoms with Crippen molar-refractivity contribution in [3.63, 3.8) is 0 Å². The number of hydrogen-bond acceptors (Lipinski definition) is 2. The first kappa shape index (κ1) is 14.7. The van der Waals surface area contributed by atoms with Crippen molar-refractivity contribution < 1.29 is 0 Å². The zero-order chi connectivity index (χ0) is 14.6. The van der Waals surface area contributed by atoms with E-state index in [2.05, 4.69) is 75.5 Å². The van der Waals surface area contributed by atoms with Crippen molar-refractivity contribution in [2.24, 2.45) is 0 Å². The van der Waals surface area contributed by atoms with Crippen LogP contribution in [-0.2, 0) is 6.42 Å². The van der Waals surface area contributed by atoms with E-state index < -0.39 is 0 Å². The van der Waals surface area contributed by atoms with Crippen molar-refractivity contribution in [1.29, 1.82) is 0 Å². The third-order valence-corrected chi connectivity index (χ3v) is 3.16. The third kappa shape index (κ3) is 4.46. The van der Waals surface area contributed by atoms with Crippen molar-refractivity contribution in [3.05, 3.63) is 53.7 Å². The second-order valence-electron chi connectivity index (χ2n) is 6.31. The zero-order valence-electron chi connectivity index (χ0n) is 12.9. The molecule has 1 N–H and O–H groups in total. The molecule has 2 aromatic rings. The molecule has 0 saturated carbocycles. The number of hydrogen-bond donors (Lipinski definition) is 1. The maximum Gasteiger partial charge on any atom is 0.0705 e. The van der Waals surface area contributed by atoms with Crippen LogP contribution in [0.15, 0.2) is 42.5 Å². The predicted octanol–water partition coefficient (Wildman–Crippen LogP) is 3.99.